The number of hydrogen-bond acceptors (Lipinski definition) is 6. The summed E-state index contributed by atoms with van der Waals surface area (Å²) in [5, 5.41) is 41.6. The van der Waals surface area contributed by atoms with Crippen LogP contribution in [0.2, 0.25) is 0 Å². The molecule has 0 unspecified atom stereocenters. The van der Waals surface area contributed by atoms with Crippen LogP contribution in [0.5, 0.6) is 0 Å². The molecule has 0 aromatic rings. The average molecular weight is 220 g/mol. The van der Waals surface area contributed by atoms with Crippen LogP contribution in [-0.4, -0.2) is 70.2 Å². The van der Waals surface area contributed by atoms with Gasteiger partial charge in [0.1, 0.15) is 18.3 Å². The molecule has 0 bridgehead atoms. The van der Waals surface area contributed by atoms with Crippen molar-refractivity contribution in [1.29, 1.82) is 0 Å². The van der Waals surface area contributed by atoms with Gasteiger partial charge in [-0.25, -0.2) is 0 Å². The summed E-state index contributed by atoms with van der Waals surface area (Å²) in [6, 6.07) is 0. The standard InChI is InChI=1S/C9H20N2O4/c1-3-4-11(2)10-5-7(13)9(15)8(14)6-12/h5,7-9,12-15H,3-4,6H2,1-2H3/b10-5-/t7-,8-,9+/m0/s1. The zero-order valence-electron chi connectivity index (χ0n) is 9.11. The average Bonchev–Trinajstić information content (AvgIpc) is 2.24. The van der Waals surface area contributed by atoms with E-state index in [4.69, 9.17) is 10.2 Å². The Balaban J connectivity index is 4.05. The van der Waals surface area contributed by atoms with E-state index in [1.165, 1.54) is 0 Å². The van der Waals surface area contributed by atoms with E-state index < -0.39 is 24.9 Å². The van der Waals surface area contributed by atoms with E-state index in [2.05, 4.69) is 5.10 Å². The molecule has 6 nitrogen and oxygen atoms in total. The summed E-state index contributed by atoms with van der Waals surface area (Å²) in [7, 11) is 1.74. The van der Waals surface area contributed by atoms with Crippen molar-refractivity contribution in [1.82, 2.24) is 5.01 Å². The highest BCUT2D eigenvalue weighted by Gasteiger charge is 2.22. The van der Waals surface area contributed by atoms with E-state index >= 15 is 0 Å². The molecular formula is C9H20N2O4. The molecule has 0 aliphatic carbocycles. The van der Waals surface area contributed by atoms with Crippen LogP contribution < -0.4 is 0 Å². The fraction of sp³-hybridized carbons (Fsp3) is 0.889. The molecule has 3 atom stereocenters. The third-order valence-electron chi connectivity index (χ3n) is 1.89. The van der Waals surface area contributed by atoms with Gasteiger partial charge in [0.05, 0.1) is 12.8 Å². The third-order valence-corrected chi connectivity index (χ3v) is 1.89. The van der Waals surface area contributed by atoms with E-state index in [9.17, 15) is 10.2 Å². The highest BCUT2D eigenvalue weighted by Crippen LogP contribution is 1.98. The van der Waals surface area contributed by atoms with E-state index in [0.717, 1.165) is 19.2 Å². The predicted octanol–water partition coefficient (Wildman–Crippen LogP) is -1.61. The van der Waals surface area contributed by atoms with Gasteiger partial charge in [-0.1, -0.05) is 6.92 Å². The van der Waals surface area contributed by atoms with Crippen LogP contribution in [0.4, 0.5) is 0 Å². The first-order chi connectivity index (χ1) is 7.02. The van der Waals surface area contributed by atoms with Crippen molar-refractivity contribution in [3.63, 3.8) is 0 Å². The minimum absolute atomic E-state index is 0.600. The summed E-state index contributed by atoms with van der Waals surface area (Å²) in [5.41, 5.74) is 0. The van der Waals surface area contributed by atoms with Gasteiger partial charge in [-0.05, 0) is 6.42 Å². The van der Waals surface area contributed by atoms with E-state index in [0.29, 0.717) is 0 Å². The lowest BCUT2D eigenvalue weighted by Gasteiger charge is -2.19. The van der Waals surface area contributed by atoms with Gasteiger partial charge in [-0.3, -0.25) is 0 Å². The second kappa shape index (κ2) is 7.58. The summed E-state index contributed by atoms with van der Waals surface area (Å²) in [5.74, 6) is 0. The van der Waals surface area contributed by atoms with Gasteiger partial charge in [-0.2, -0.15) is 5.10 Å². The molecule has 0 radical (unpaired) electrons. The van der Waals surface area contributed by atoms with Gasteiger partial charge in [0.25, 0.3) is 0 Å². The van der Waals surface area contributed by atoms with Crippen LogP contribution in [0.3, 0.4) is 0 Å². The van der Waals surface area contributed by atoms with Gasteiger partial charge < -0.3 is 25.4 Å². The van der Waals surface area contributed by atoms with Gasteiger partial charge in [0, 0.05) is 13.6 Å². The summed E-state index contributed by atoms with van der Waals surface area (Å²) >= 11 is 0. The van der Waals surface area contributed by atoms with Gasteiger partial charge in [-0.15, -0.1) is 0 Å². The number of aliphatic hydroxyl groups excluding tert-OH is 4. The number of aliphatic hydroxyl groups is 4. The normalized spacial score (nSPS) is 17.7. The zero-order chi connectivity index (χ0) is 11.8. The molecular weight excluding hydrogens is 200 g/mol. The molecule has 0 saturated heterocycles. The summed E-state index contributed by atoms with van der Waals surface area (Å²) in [4.78, 5) is 0. The molecule has 0 spiro atoms. The molecule has 0 aliphatic rings. The Kier molecular flexibility index (Phi) is 7.23. The van der Waals surface area contributed by atoms with Crippen LogP contribution in [-0.2, 0) is 0 Å². The monoisotopic (exact) mass is 220 g/mol. The number of nitrogens with zero attached hydrogens (tertiary/aromatic N) is 2. The first-order valence-corrected chi connectivity index (χ1v) is 4.93. The van der Waals surface area contributed by atoms with Crippen molar-refractivity contribution in [2.75, 3.05) is 20.2 Å². The lowest BCUT2D eigenvalue weighted by atomic mass is 10.1. The lowest BCUT2D eigenvalue weighted by Crippen LogP contribution is -2.40. The molecule has 90 valence electrons. The minimum Gasteiger partial charge on any atom is -0.394 e. The third kappa shape index (κ3) is 5.68. The Hall–Kier alpha value is -0.690. The first kappa shape index (κ1) is 14.3. The maximum Gasteiger partial charge on any atom is 0.119 e. The largest absolute Gasteiger partial charge is 0.394 e. The summed E-state index contributed by atoms with van der Waals surface area (Å²) in [6.07, 6.45) is -2.01. The second-order valence-corrected chi connectivity index (χ2v) is 3.38. The van der Waals surface area contributed by atoms with E-state index in [1.807, 2.05) is 6.92 Å². The van der Waals surface area contributed by atoms with Crippen molar-refractivity contribution < 1.29 is 20.4 Å². The van der Waals surface area contributed by atoms with Crippen LogP contribution in [0.25, 0.3) is 0 Å². The molecule has 0 aromatic carbocycles. The molecule has 0 fully saturated rings. The van der Waals surface area contributed by atoms with Crippen LogP contribution in [0.1, 0.15) is 13.3 Å². The Morgan fingerprint density at radius 2 is 1.93 bits per heavy atom. The highest BCUT2D eigenvalue weighted by atomic mass is 16.4. The molecule has 0 aliphatic heterocycles. The molecule has 6 heteroatoms. The number of hydrazone groups is 1. The topological polar surface area (TPSA) is 96.5 Å². The zero-order valence-corrected chi connectivity index (χ0v) is 9.11. The molecule has 15 heavy (non-hydrogen) atoms. The maximum atomic E-state index is 9.34. The summed E-state index contributed by atoms with van der Waals surface area (Å²) in [6.45, 7) is 2.13. The molecule has 0 rings (SSSR count). The first-order valence-electron chi connectivity index (χ1n) is 4.93. The molecule has 4 N–H and O–H groups in total. The van der Waals surface area contributed by atoms with Crippen molar-refractivity contribution in [3.05, 3.63) is 0 Å². The van der Waals surface area contributed by atoms with E-state index in [1.54, 1.807) is 12.1 Å². The fourth-order valence-corrected chi connectivity index (χ4v) is 0.987. The van der Waals surface area contributed by atoms with Crippen LogP contribution >= 0.6 is 0 Å². The highest BCUT2D eigenvalue weighted by molar-refractivity contribution is 5.63. The molecule has 0 heterocycles. The van der Waals surface area contributed by atoms with Crippen molar-refractivity contribution in [2.45, 2.75) is 31.7 Å². The predicted molar refractivity (Wildman–Crippen MR) is 56.5 cm³/mol. The lowest BCUT2D eigenvalue weighted by molar-refractivity contribution is -0.0544. The Labute approximate surface area is 89.5 Å². The van der Waals surface area contributed by atoms with Crippen LogP contribution in [0, 0.1) is 0 Å². The van der Waals surface area contributed by atoms with Gasteiger partial charge in [0.2, 0.25) is 0 Å². The number of hydrogen-bond donors (Lipinski definition) is 4. The Bertz CT molecular complexity index is 189. The smallest absolute Gasteiger partial charge is 0.119 e. The Morgan fingerprint density at radius 1 is 1.33 bits per heavy atom. The SMILES string of the molecule is CCCN(C)/N=C\[C@H](O)[C@@H](O)[C@@H](O)CO. The van der Waals surface area contributed by atoms with Gasteiger partial charge >= 0.3 is 0 Å². The summed E-state index contributed by atoms with van der Waals surface area (Å²) < 4.78 is 0. The second-order valence-electron chi connectivity index (χ2n) is 3.38. The van der Waals surface area contributed by atoms with Crippen molar-refractivity contribution in [3.8, 4) is 0 Å². The Morgan fingerprint density at radius 3 is 2.40 bits per heavy atom. The van der Waals surface area contributed by atoms with Crippen molar-refractivity contribution in [2.24, 2.45) is 5.10 Å². The molecule has 0 amide bonds. The van der Waals surface area contributed by atoms with E-state index in [-0.39, 0.29) is 0 Å². The maximum absolute atomic E-state index is 9.34. The minimum atomic E-state index is -1.42. The fourth-order valence-electron chi connectivity index (χ4n) is 0.987. The van der Waals surface area contributed by atoms with Crippen molar-refractivity contribution >= 4 is 6.21 Å². The quantitative estimate of drug-likeness (QED) is 0.306. The molecule has 0 aromatic heterocycles. The van der Waals surface area contributed by atoms with Gasteiger partial charge in [0.15, 0.2) is 0 Å². The molecule has 0 saturated carbocycles. The van der Waals surface area contributed by atoms with Crippen LogP contribution in [0.15, 0.2) is 5.10 Å². The number of rotatable bonds is 7.